The van der Waals surface area contributed by atoms with Crippen molar-refractivity contribution in [3.05, 3.63) is 35.4 Å². The Hall–Kier alpha value is -0.900. The van der Waals surface area contributed by atoms with E-state index in [4.69, 9.17) is 5.73 Å². The zero-order valence-electron chi connectivity index (χ0n) is 13.0. The van der Waals surface area contributed by atoms with Gasteiger partial charge in [-0.1, -0.05) is 24.3 Å². The molecule has 3 rings (SSSR count). The fraction of sp³-hybridized carbons (Fsp3) is 0.667. The Morgan fingerprint density at radius 2 is 1.71 bits per heavy atom. The van der Waals surface area contributed by atoms with E-state index in [9.17, 15) is 0 Å². The second-order valence-corrected chi connectivity index (χ2v) is 6.83. The third-order valence-corrected chi connectivity index (χ3v) is 5.29. The van der Waals surface area contributed by atoms with Crippen molar-refractivity contribution in [2.24, 2.45) is 17.6 Å². The third-order valence-electron chi connectivity index (χ3n) is 5.29. The van der Waals surface area contributed by atoms with E-state index in [1.54, 1.807) is 0 Å². The van der Waals surface area contributed by atoms with Gasteiger partial charge in [-0.2, -0.15) is 0 Å². The van der Waals surface area contributed by atoms with Crippen molar-refractivity contribution in [3.63, 3.8) is 0 Å². The molecular weight excluding hydrogens is 258 g/mol. The SMILES string of the molecule is NCC1CCC(CNCC2Cc3ccccc3CN2)CC1. The van der Waals surface area contributed by atoms with E-state index in [0.29, 0.717) is 6.04 Å². The maximum absolute atomic E-state index is 5.76. The first kappa shape index (κ1) is 15.0. The quantitative estimate of drug-likeness (QED) is 0.777. The molecule has 3 heteroatoms. The lowest BCUT2D eigenvalue weighted by Crippen LogP contribution is -2.44. The third kappa shape index (κ3) is 4.06. The summed E-state index contributed by atoms with van der Waals surface area (Å²) in [5.41, 5.74) is 8.75. The van der Waals surface area contributed by atoms with Gasteiger partial charge >= 0.3 is 0 Å². The van der Waals surface area contributed by atoms with Crippen molar-refractivity contribution in [2.75, 3.05) is 19.6 Å². The van der Waals surface area contributed by atoms with Gasteiger partial charge in [0.25, 0.3) is 0 Å². The Kier molecular flexibility index (Phi) is 5.28. The first-order valence-corrected chi connectivity index (χ1v) is 8.56. The van der Waals surface area contributed by atoms with Gasteiger partial charge in [0.05, 0.1) is 0 Å². The molecule has 0 aromatic heterocycles. The van der Waals surface area contributed by atoms with Crippen molar-refractivity contribution in [2.45, 2.75) is 44.7 Å². The molecule has 0 saturated heterocycles. The first-order valence-electron chi connectivity index (χ1n) is 8.56. The minimum absolute atomic E-state index is 0.584. The molecule has 1 aromatic rings. The minimum Gasteiger partial charge on any atom is -0.330 e. The number of nitrogens with one attached hydrogen (secondary N) is 2. The van der Waals surface area contributed by atoms with Gasteiger partial charge in [-0.25, -0.2) is 0 Å². The van der Waals surface area contributed by atoms with Crippen molar-refractivity contribution in [1.82, 2.24) is 10.6 Å². The summed E-state index contributed by atoms with van der Waals surface area (Å²) in [6.07, 6.45) is 6.53. The van der Waals surface area contributed by atoms with Crippen LogP contribution in [0.25, 0.3) is 0 Å². The van der Waals surface area contributed by atoms with Gasteiger partial charge in [-0.3, -0.25) is 0 Å². The highest BCUT2D eigenvalue weighted by Crippen LogP contribution is 2.27. The van der Waals surface area contributed by atoms with E-state index < -0.39 is 0 Å². The van der Waals surface area contributed by atoms with E-state index in [2.05, 4.69) is 34.9 Å². The van der Waals surface area contributed by atoms with Crippen molar-refractivity contribution in [3.8, 4) is 0 Å². The number of nitrogens with two attached hydrogens (primary N) is 1. The van der Waals surface area contributed by atoms with Crippen LogP contribution < -0.4 is 16.4 Å². The molecule has 21 heavy (non-hydrogen) atoms. The van der Waals surface area contributed by atoms with Crippen molar-refractivity contribution in [1.29, 1.82) is 0 Å². The fourth-order valence-electron chi connectivity index (χ4n) is 3.80. The van der Waals surface area contributed by atoms with Gasteiger partial charge in [0, 0.05) is 19.1 Å². The number of benzene rings is 1. The van der Waals surface area contributed by atoms with Crippen molar-refractivity contribution < 1.29 is 0 Å². The van der Waals surface area contributed by atoms with Gasteiger partial charge in [0.1, 0.15) is 0 Å². The van der Waals surface area contributed by atoms with E-state index in [0.717, 1.165) is 37.9 Å². The number of hydrogen-bond donors (Lipinski definition) is 3. The van der Waals surface area contributed by atoms with Gasteiger partial charge in [-0.05, 0) is 68.2 Å². The minimum atomic E-state index is 0.584. The van der Waals surface area contributed by atoms with Gasteiger partial charge in [0.15, 0.2) is 0 Å². The molecule has 1 aromatic carbocycles. The predicted octanol–water partition coefficient (Wildman–Crippen LogP) is 2.06. The van der Waals surface area contributed by atoms with Gasteiger partial charge < -0.3 is 16.4 Å². The molecule has 0 spiro atoms. The Morgan fingerprint density at radius 1 is 1.00 bits per heavy atom. The number of rotatable bonds is 5. The molecule has 3 nitrogen and oxygen atoms in total. The molecule has 1 saturated carbocycles. The fourth-order valence-corrected chi connectivity index (χ4v) is 3.80. The summed E-state index contributed by atoms with van der Waals surface area (Å²) in [6.45, 7) is 4.16. The predicted molar refractivity (Wildman–Crippen MR) is 88.1 cm³/mol. The van der Waals surface area contributed by atoms with Crippen LogP contribution in [0.5, 0.6) is 0 Å². The normalized spacial score (nSPS) is 29.1. The van der Waals surface area contributed by atoms with Crippen LogP contribution in [0.15, 0.2) is 24.3 Å². The standard InChI is InChI=1S/C18H29N3/c19-10-14-5-7-15(8-6-14)11-20-13-18-9-16-3-1-2-4-17(16)12-21-18/h1-4,14-15,18,20-21H,5-13,19H2. The average Bonchev–Trinajstić information content (AvgIpc) is 2.55. The van der Waals surface area contributed by atoms with E-state index in [1.165, 1.54) is 43.4 Å². The van der Waals surface area contributed by atoms with Crippen LogP contribution in [0.2, 0.25) is 0 Å². The van der Waals surface area contributed by atoms with Crippen LogP contribution in [-0.4, -0.2) is 25.7 Å². The molecule has 4 N–H and O–H groups in total. The molecule has 1 unspecified atom stereocenters. The maximum Gasteiger partial charge on any atom is 0.0236 e. The zero-order chi connectivity index (χ0) is 14.5. The average molecular weight is 287 g/mol. The Morgan fingerprint density at radius 3 is 2.48 bits per heavy atom. The highest BCUT2D eigenvalue weighted by atomic mass is 15.0. The second kappa shape index (κ2) is 7.39. The van der Waals surface area contributed by atoms with Crippen LogP contribution >= 0.6 is 0 Å². The van der Waals surface area contributed by atoms with Crippen LogP contribution in [-0.2, 0) is 13.0 Å². The molecular formula is C18H29N3. The summed E-state index contributed by atoms with van der Waals surface area (Å²) >= 11 is 0. The topological polar surface area (TPSA) is 50.1 Å². The highest BCUT2D eigenvalue weighted by Gasteiger charge is 2.21. The van der Waals surface area contributed by atoms with Crippen LogP contribution in [0.4, 0.5) is 0 Å². The van der Waals surface area contributed by atoms with Crippen molar-refractivity contribution >= 4 is 0 Å². The molecule has 0 bridgehead atoms. The molecule has 0 radical (unpaired) electrons. The summed E-state index contributed by atoms with van der Waals surface area (Å²) in [5, 5.41) is 7.34. The Bertz CT molecular complexity index is 438. The number of hydrogen-bond acceptors (Lipinski definition) is 3. The zero-order valence-corrected chi connectivity index (χ0v) is 13.0. The molecule has 1 heterocycles. The first-order chi connectivity index (χ1) is 10.3. The van der Waals surface area contributed by atoms with E-state index >= 15 is 0 Å². The Labute approximate surface area is 128 Å². The lowest BCUT2D eigenvalue weighted by atomic mass is 9.82. The lowest BCUT2D eigenvalue weighted by Gasteiger charge is -2.30. The molecule has 1 atom stereocenters. The maximum atomic E-state index is 5.76. The van der Waals surface area contributed by atoms with Crippen LogP contribution in [0.1, 0.15) is 36.8 Å². The summed E-state index contributed by atoms with van der Waals surface area (Å²) in [6, 6.07) is 9.39. The molecule has 0 amide bonds. The molecule has 1 aliphatic carbocycles. The highest BCUT2D eigenvalue weighted by molar-refractivity contribution is 5.29. The molecule has 2 aliphatic rings. The summed E-state index contributed by atoms with van der Waals surface area (Å²) < 4.78 is 0. The largest absolute Gasteiger partial charge is 0.330 e. The van der Waals surface area contributed by atoms with Gasteiger partial charge in [-0.15, -0.1) is 0 Å². The number of fused-ring (bicyclic) bond motifs is 1. The van der Waals surface area contributed by atoms with Crippen LogP contribution in [0, 0.1) is 11.8 Å². The summed E-state index contributed by atoms with van der Waals surface area (Å²) in [7, 11) is 0. The molecule has 1 aliphatic heterocycles. The monoisotopic (exact) mass is 287 g/mol. The van der Waals surface area contributed by atoms with Gasteiger partial charge in [0.2, 0.25) is 0 Å². The summed E-state index contributed by atoms with van der Waals surface area (Å²) in [5.74, 6) is 1.65. The van der Waals surface area contributed by atoms with Crippen LogP contribution in [0.3, 0.4) is 0 Å². The second-order valence-electron chi connectivity index (χ2n) is 6.83. The molecule has 116 valence electrons. The molecule has 1 fully saturated rings. The lowest BCUT2D eigenvalue weighted by molar-refractivity contribution is 0.269. The summed E-state index contributed by atoms with van der Waals surface area (Å²) in [4.78, 5) is 0. The van der Waals surface area contributed by atoms with E-state index in [-0.39, 0.29) is 0 Å². The smallest absolute Gasteiger partial charge is 0.0236 e. The Balaban J connectivity index is 1.37. The van der Waals surface area contributed by atoms with E-state index in [1.807, 2.05) is 0 Å².